The van der Waals surface area contributed by atoms with Crippen molar-refractivity contribution < 1.29 is 14.6 Å². The fourth-order valence-electron chi connectivity index (χ4n) is 3.88. The van der Waals surface area contributed by atoms with Crippen LogP contribution in [-0.2, 0) is 6.42 Å². The predicted molar refractivity (Wildman–Crippen MR) is 107 cm³/mol. The highest BCUT2D eigenvalue weighted by Gasteiger charge is 2.27. The van der Waals surface area contributed by atoms with Gasteiger partial charge in [0.15, 0.2) is 0 Å². The second-order valence-electron chi connectivity index (χ2n) is 7.09. The number of aromatic nitrogens is 1. The van der Waals surface area contributed by atoms with Gasteiger partial charge in [0.2, 0.25) is 0 Å². The topological polar surface area (TPSA) is 59.4 Å². The molecule has 1 heterocycles. The van der Waals surface area contributed by atoms with Crippen LogP contribution in [0.15, 0.2) is 48.5 Å². The lowest BCUT2D eigenvalue weighted by Gasteiger charge is -2.26. The number of carbonyl (C=O) groups is 1. The molecule has 0 bridgehead atoms. The smallest absolute Gasteiger partial charge is 0.336 e. The molecule has 1 aromatic heterocycles. The van der Waals surface area contributed by atoms with Crippen LogP contribution in [0.4, 0.5) is 0 Å². The zero-order valence-electron chi connectivity index (χ0n) is 15.4. The van der Waals surface area contributed by atoms with Crippen LogP contribution in [0.2, 0.25) is 0 Å². The van der Waals surface area contributed by atoms with Crippen molar-refractivity contribution in [2.45, 2.75) is 19.8 Å². The molecule has 4 rings (SSSR count). The van der Waals surface area contributed by atoms with Crippen molar-refractivity contribution >= 4 is 28.5 Å². The number of benzene rings is 2. The third-order valence-electron chi connectivity index (χ3n) is 5.09. The summed E-state index contributed by atoms with van der Waals surface area (Å²) in [6.45, 7) is 2.16. The van der Waals surface area contributed by atoms with Crippen molar-refractivity contribution in [3.63, 3.8) is 0 Å². The average Bonchev–Trinajstić information content (AvgIpc) is 2.66. The van der Waals surface area contributed by atoms with E-state index < -0.39 is 5.97 Å². The molecule has 1 N–H and O–H groups in total. The minimum absolute atomic E-state index is 0.364. The number of nitrogens with zero attached hydrogens (tertiary/aromatic N) is 1. The summed E-state index contributed by atoms with van der Waals surface area (Å²) in [5.41, 5.74) is 4.92. The van der Waals surface area contributed by atoms with E-state index in [0.717, 1.165) is 46.5 Å². The van der Waals surface area contributed by atoms with Crippen LogP contribution in [0.3, 0.4) is 0 Å². The quantitative estimate of drug-likeness (QED) is 0.710. The molecule has 0 spiro atoms. The fourth-order valence-corrected chi connectivity index (χ4v) is 3.88. The summed E-state index contributed by atoms with van der Waals surface area (Å²) in [5, 5.41) is 10.6. The van der Waals surface area contributed by atoms with Gasteiger partial charge in [0.25, 0.3) is 0 Å². The van der Waals surface area contributed by atoms with Gasteiger partial charge in [0, 0.05) is 5.39 Å². The first-order valence-electron chi connectivity index (χ1n) is 9.06. The van der Waals surface area contributed by atoms with Gasteiger partial charge in [0.1, 0.15) is 5.75 Å². The minimum atomic E-state index is -0.886. The molecule has 4 nitrogen and oxygen atoms in total. The van der Waals surface area contributed by atoms with Gasteiger partial charge in [-0.05, 0) is 59.7 Å². The van der Waals surface area contributed by atoms with E-state index in [0.29, 0.717) is 16.9 Å². The van der Waals surface area contributed by atoms with E-state index in [2.05, 4.69) is 13.0 Å². The van der Waals surface area contributed by atoms with Gasteiger partial charge in [-0.15, -0.1) is 0 Å². The van der Waals surface area contributed by atoms with Crippen LogP contribution in [-0.4, -0.2) is 23.2 Å². The zero-order valence-corrected chi connectivity index (χ0v) is 15.4. The zero-order chi connectivity index (χ0) is 19.0. The van der Waals surface area contributed by atoms with E-state index in [4.69, 9.17) is 9.72 Å². The Bertz CT molecular complexity index is 1050. The Hall–Kier alpha value is -3.14. The van der Waals surface area contributed by atoms with Crippen LogP contribution in [0.5, 0.6) is 5.75 Å². The molecule has 1 atom stereocenters. The number of carboxylic acid groups (broad SMARTS) is 1. The average molecular weight is 359 g/mol. The summed E-state index contributed by atoms with van der Waals surface area (Å²) < 4.78 is 5.22. The summed E-state index contributed by atoms with van der Waals surface area (Å²) in [6.07, 6.45) is 3.72. The van der Waals surface area contributed by atoms with Gasteiger partial charge >= 0.3 is 5.97 Å². The first kappa shape index (κ1) is 17.3. The number of rotatable bonds is 3. The molecule has 0 saturated heterocycles. The summed E-state index contributed by atoms with van der Waals surface area (Å²) >= 11 is 0. The lowest BCUT2D eigenvalue weighted by molar-refractivity contribution is 0.0697. The number of methoxy groups -OCH3 is 1. The minimum Gasteiger partial charge on any atom is -0.497 e. The third-order valence-corrected chi connectivity index (χ3v) is 5.09. The van der Waals surface area contributed by atoms with Crippen LogP contribution >= 0.6 is 0 Å². The second-order valence-corrected chi connectivity index (χ2v) is 7.09. The van der Waals surface area contributed by atoms with E-state index in [1.165, 1.54) is 0 Å². The number of fused-ring (bicyclic) bond motifs is 2. The number of aromatic carboxylic acids is 1. The van der Waals surface area contributed by atoms with Crippen molar-refractivity contribution in [2.75, 3.05) is 7.11 Å². The van der Waals surface area contributed by atoms with Gasteiger partial charge < -0.3 is 9.84 Å². The highest BCUT2D eigenvalue weighted by Crippen LogP contribution is 2.38. The lowest BCUT2D eigenvalue weighted by atomic mass is 9.80. The van der Waals surface area contributed by atoms with Crippen molar-refractivity contribution in [3.05, 3.63) is 70.9 Å². The summed E-state index contributed by atoms with van der Waals surface area (Å²) in [7, 11) is 1.65. The number of para-hydroxylation sites is 1. The Labute approximate surface area is 158 Å². The monoisotopic (exact) mass is 359 g/mol. The number of allylic oxidation sites excluding steroid dienone is 1. The van der Waals surface area contributed by atoms with E-state index in [1.54, 1.807) is 7.11 Å². The van der Waals surface area contributed by atoms with Crippen LogP contribution < -0.4 is 4.74 Å². The van der Waals surface area contributed by atoms with Gasteiger partial charge in [-0.25, -0.2) is 9.78 Å². The molecule has 0 amide bonds. The number of ether oxygens (including phenoxy) is 1. The van der Waals surface area contributed by atoms with Crippen LogP contribution in [0.25, 0.3) is 22.6 Å². The number of pyridine rings is 1. The summed E-state index contributed by atoms with van der Waals surface area (Å²) in [6, 6.07) is 15.3. The standard InChI is InChI=1S/C23H21NO3/c1-14-11-16(13-15-7-9-17(27-2)10-8-15)22-19(12-14)21(23(25)26)18-5-3-4-6-20(18)24-22/h3-10,13-14H,11-12H2,1-2H3,(H,25,26). The van der Waals surface area contributed by atoms with Gasteiger partial charge in [-0.1, -0.05) is 37.3 Å². The van der Waals surface area contributed by atoms with Crippen molar-refractivity contribution in [2.24, 2.45) is 5.92 Å². The molecule has 1 aliphatic rings. The third kappa shape index (κ3) is 3.19. The molecule has 4 heteroatoms. The summed E-state index contributed by atoms with van der Waals surface area (Å²) in [4.78, 5) is 16.9. The Morgan fingerprint density at radius 3 is 2.59 bits per heavy atom. The predicted octanol–water partition coefficient (Wildman–Crippen LogP) is 5.06. The molecule has 0 fully saturated rings. The molecule has 0 saturated carbocycles. The van der Waals surface area contributed by atoms with Crippen molar-refractivity contribution in [1.82, 2.24) is 4.98 Å². The highest BCUT2D eigenvalue weighted by molar-refractivity contribution is 6.05. The van der Waals surface area contributed by atoms with Gasteiger partial charge in [-0.3, -0.25) is 0 Å². The molecule has 1 unspecified atom stereocenters. The van der Waals surface area contributed by atoms with E-state index in [-0.39, 0.29) is 0 Å². The first-order valence-corrected chi connectivity index (χ1v) is 9.06. The molecule has 2 aromatic carbocycles. The summed E-state index contributed by atoms with van der Waals surface area (Å²) in [5.74, 6) is 0.289. The molecule has 3 aromatic rings. The molecular formula is C23H21NO3. The van der Waals surface area contributed by atoms with E-state index in [9.17, 15) is 9.90 Å². The second kappa shape index (κ2) is 6.88. The Kier molecular flexibility index (Phi) is 4.40. The SMILES string of the molecule is COc1ccc(C=C2CC(C)Cc3c2nc2ccccc2c3C(=O)O)cc1. The number of hydrogen-bond donors (Lipinski definition) is 1. The largest absolute Gasteiger partial charge is 0.497 e. The molecule has 1 aliphatic carbocycles. The molecular weight excluding hydrogens is 338 g/mol. The Balaban J connectivity index is 1.93. The Morgan fingerprint density at radius 2 is 1.89 bits per heavy atom. The molecule has 0 radical (unpaired) electrons. The Morgan fingerprint density at radius 1 is 1.15 bits per heavy atom. The van der Waals surface area contributed by atoms with Crippen LogP contribution in [0, 0.1) is 5.92 Å². The number of hydrogen-bond acceptors (Lipinski definition) is 3. The van der Waals surface area contributed by atoms with Crippen molar-refractivity contribution in [3.8, 4) is 5.75 Å². The van der Waals surface area contributed by atoms with Gasteiger partial charge in [-0.2, -0.15) is 0 Å². The number of carboxylic acids is 1. The maximum Gasteiger partial charge on any atom is 0.336 e. The molecule has 136 valence electrons. The normalized spacial score (nSPS) is 17.7. The maximum atomic E-state index is 12.1. The highest BCUT2D eigenvalue weighted by atomic mass is 16.5. The molecule has 27 heavy (non-hydrogen) atoms. The van der Waals surface area contributed by atoms with E-state index in [1.807, 2.05) is 48.5 Å². The van der Waals surface area contributed by atoms with Crippen LogP contribution in [0.1, 0.15) is 40.5 Å². The maximum absolute atomic E-state index is 12.1. The molecule has 0 aliphatic heterocycles. The van der Waals surface area contributed by atoms with E-state index >= 15 is 0 Å². The first-order chi connectivity index (χ1) is 13.1. The van der Waals surface area contributed by atoms with Crippen molar-refractivity contribution in [1.29, 1.82) is 0 Å². The lowest BCUT2D eigenvalue weighted by Crippen LogP contribution is -2.17. The fraction of sp³-hybridized carbons (Fsp3) is 0.217. The van der Waals surface area contributed by atoms with Gasteiger partial charge in [0.05, 0.1) is 23.9 Å².